The first-order valence-electron chi connectivity index (χ1n) is 6.52. The standard InChI is InChI=1S/C15H20N2O3/c1-15(2,10-16)7-3-4-8-20-13-9-11(14(18)19)5-6-12(13)17/h5-6,9H,3-4,7-8,17H2,1-2H3,(H,18,19). The number of carboxylic acids is 1. The Labute approximate surface area is 119 Å². The fourth-order valence-electron chi connectivity index (χ4n) is 1.70. The van der Waals surface area contributed by atoms with Crippen molar-refractivity contribution in [2.45, 2.75) is 33.1 Å². The Kier molecular flexibility index (Phi) is 5.39. The second-order valence-corrected chi connectivity index (χ2v) is 5.36. The van der Waals surface area contributed by atoms with E-state index in [4.69, 9.17) is 20.8 Å². The monoisotopic (exact) mass is 276 g/mol. The van der Waals surface area contributed by atoms with Gasteiger partial charge in [-0.3, -0.25) is 0 Å². The number of nitrogens with zero attached hydrogens (tertiary/aromatic N) is 1. The summed E-state index contributed by atoms with van der Waals surface area (Å²) in [7, 11) is 0. The fraction of sp³-hybridized carbons (Fsp3) is 0.467. The van der Waals surface area contributed by atoms with E-state index in [9.17, 15) is 4.79 Å². The Balaban J connectivity index is 2.45. The number of nitrogens with two attached hydrogens (primary N) is 1. The van der Waals surface area contributed by atoms with E-state index in [1.807, 2.05) is 13.8 Å². The number of ether oxygens (including phenoxy) is 1. The number of unbranched alkanes of at least 4 members (excludes halogenated alkanes) is 1. The highest BCUT2D eigenvalue weighted by molar-refractivity contribution is 5.89. The fourth-order valence-corrected chi connectivity index (χ4v) is 1.70. The molecule has 0 aromatic heterocycles. The molecule has 3 N–H and O–H groups in total. The quantitative estimate of drug-likeness (QED) is 0.589. The molecule has 20 heavy (non-hydrogen) atoms. The van der Waals surface area contributed by atoms with E-state index in [0.717, 1.165) is 19.3 Å². The molecular formula is C15H20N2O3. The minimum Gasteiger partial charge on any atom is -0.491 e. The minimum absolute atomic E-state index is 0.153. The maximum atomic E-state index is 10.9. The smallest absolute Gasteiger partial charge is 0.335 e. The van der Waals surface area contributed by atoms with Crippen molar-refractivity contribution in [1.29, 1.82) is 5.26 Å². The SMILES string of the molecule is CC(C)(C#N)CCCCOc1cc(C(=O)O)ccc1N. The first-order valence-corrected chi connectivity index (χ1v) is 6.52. The van der Waals surface area contributed by atoms with Crippen molar-refractivity contribution in [3.63, 3.8) is 0 Å². The number of nitriles is 1. The van der Waals surface area contributed by atoms with Crippen LogP contribution >= 0.6 is 0 Å². The summed E-state index contributed by atoms with van der Waals surface area (Å²) >= 11 is 0. The van der Waals surface area contributed by atoms with Crippen molar-refractivity contribution in [1.82, 2.24) is 0 Å². The van der Waals surface area contributed by atoms with Crippen molar-refractivity contribution in [2.24, 2.45) is 5.41 Å². The topological polar surface area (TPSA) is 96.3 Å². The van der Waals surface area contributed by atoms with Gasteiger partial charge in [-0.1, -0.05) is 0 Å². The zero-order valence-electron chi connectivity index (χ0n) is 11.8. The molecule has 0 aliphatic rings. The Morgan fingerprint density at radius 3 is 2.75 bits per heavy atom. The van der Waals surface area contributed by atoms with Crippen molar-refractivity contribution >= 4 is 11.7 Å². The molecule has 0 spiro atoms. The van der Waals surface area contributed by atoms with Gasteiger partial charge in [0.1, 0.15) is 5.75 Å². The zero-order chi connectivity index (χ0) is 15.2. The molecule has 1 aromatic rings. The Morgan fingerprint density at radius 1 is 1.45 bits per heavy atom. The molecule has 0 aliphatic carbocycles. The van der Waals surface area contributed by atoms with Gasteiger partial charge in [-0.25, -0.2) is 4.79 Å². The average molecular weight is 276 g/mol. The first kappa shape index (κ1) is 15.8. The van der Waals surface area contributed by atoms with Gasteiger partial charge in [-0.15, -0.1) is 0 Å². The lowest BCUT2D eigenvalue weighted by molar-refractivity contribution is 0.0696. The predicted octanol–water partition coefficient (Wildman–Crippen LogP) is 3.07. The summed E-state index contributed by atoms with van der Waals surface area (Å²) < 4.78 is 5.50. The maximum Gasteiger partial charge on any atom is 0.335 e. The van der Waals surface area contributed by atoms with Crippen LogP contribution in [0.25, 0.3) is 0 Å². The van der Waals surface area contributed by atoms with Crippen molar-refractivity contribution in [3.05, 3.63) is 23.8 Å². The van der Waals surface area contributed by atoms with Gasteiger partial charge in [0.05, 0.1) is 29.3 Å². The molecule has 0 unspecified atom stereocenters. The first-order chi connectivity index (χ1) is 9.35. The number of hydrogen-bond acceptors (Lipinski definition) is 4. The molecule has 0 fully saturated rings. The number of anilines is 1. The van der Waals surface area contributed by atoms with Gasteiger partial charge in [0.25, 0.3) is 0 Å². The highest BCUT2D eigenvalue weighted by Crippen LogP contribution is 2.24. The van der Waals surface area contributed by atoms with Crippen LogP contribution in [0, 0.1) is 16.7 Å². The lowest BCUT2D eigenvalue weighted by Crippen LogP contribution is -2.09. The van der Waals surface area contributed by atoms with Gasteiger partial charge >= 0.3 is 5.97 Å². The number of carbonyl (C=O) groups is 1. The van der Waals surface area contributed by atoms with Crippen molar-refractivity contribution in [3.8, 4) is 11.8 Å². The molecule has 1 aromatic carbocycles. The number of rotatable bonds is 7. The second kappa shape index (κ2) is 6.80. The van der Waals surface area contributed by atoms with Crippen LogP contribution in [-0.2, 0) is 0 Å². The molecule has 0 heterocycles. The molecule has 0 amide bonds. The highest BCUT2D eigenvalue weighted by atomic mass is 16.5. The summed E-state index contributed by atoms with van der Waals surface area (Å²) in [5.41, 5.74) is 5.99. The predicted molar refractivity (Wildman–Crippen MR) is 76.6 cm³/mol. The molecule has 108 valence electrons. The summed E-state index contributed by atoms with van der Waals surface area (Å²) in [6.07, 6.45) is 2.47. The van der Waals surface area contributed by atoms with Crippen LogP contribution in [0.2, 0.25) is 0 Å². The van der Waals surface area contributed by atoms with Gasteiger partial charge in [-0.05, 0) is 51.3 Å². The van der Waals surface area contributed by atoms with Crippen LogP contribution in [0.1, 0.15) is 43.5 Å². The number of carboxylic acid groups (broad SMARTS) is 1. The third-order valence-corrected chi connectivity index (χ3v) is 3.02. The lowest BCUT2D eigenvalue weighted by atomic mass is 9.89. The normalized spacial score (nSPS) is 10.8. The van der Waals surface area contributed by atoms with Crippen molar-refractivity contribution in [2.75, 3.05) is 12.3 Å². The van der Waals surface area contributed by atoms with Crippen LogP contribution in [0.4, 0.5) is 5.69 Å². The van der Waals surface area contributed by atoms with Gasteiger partial charge in [-0.2, -0.15) is 5.26 Å². The maximum absolute atomic E-state index is 10.9. The molecule has 1 rings (SSSR count). The Morgan fingerprint density at radius 2 is 2.15 bits per heavy atom. The summed E-state index contributed by atoms with van der Waals surface area (Å²) in [4.78, 5) is 10.9. The molecule has 0 radical (unpaired) electrons. The van der Waals surface area contributed by atoms with E-state index in [-0.39, 0.29) is 11.0 Å². The van der Waals surface area contributed by atoms with Crippen LogP contribution in [-0.4, -0.2) is 17.7 Å². The van der Waals surface area contributed by atoms with E-state index < -0.39 is 5.97 Å². The van der Waals surface area contributed by atoms with Gasteiger partial charge in [0.2, 0.25) is 0 Å². The molecule has 0 aliphatic heterocycles. The van der Waals surface area contributed by atoms with E-state index in [0.29, 0.717) is 18.0 Å². The van der Waals surface area contributed by atoms with Gasteiger partial charge in [0, 0.05) is 0 Å². The summed E-state index contributed by atoms with van der Waals surface area (Å²) in [6.45, 7) is 4.26. The number of aromatic carboxylic acids is 1. The summed E-state index contributed by atoms with van der Waals surface area (Å²) in [5, 5.41) is 17.8. The third-order valence-electron chi connectivity index (χ3n) is 3.02. The van der Waals surface area contributed by atoms with Crippen LogP contribution in [0.15, 0.2) is 18.2 Å². The van der Waals surface area contributed by atoms with E-state index in [1.54, 1.807) is 0 Å². The van der Waals surface area contributed by atoms with Crippen LogP contribution in [0.3, 0.4) is 0 Å². The summed E-state index contributed by atoms with van der Waals surface area (Å²) in [6, 6.07) is 6.65. The molecule has 0 saturated carbocycles. The van der Waals surface area contributed by atoms with Gasteiger partial charge in [0.15, 0.2) is 0 Å². The van der Waals surface area contributed by atoms with E-state index in [2.05, 4.69) is 6.07 Å². The lowest BCUT2D eigenvalue weighted by Gasteiger charge is -2.14. The largest absolute Gasteiger partial charge is 0.491 e. The number of nitrogen functional groups attached to an aromatic ring is 1. The average Bonchev–Trinajstić information content (AvgIpc) is 2.40. The second-order valence-electron chi connectivity index (χ2n) is 5.36. The Bertz CT molecular complexity index is 518. The third kappa shape index (κ3) is 4.81. The zero-order valence-corrected chi connectivity index (χ0v) is 11.8. The molecular weight excluding hydrogens is 256 g/mol. The molecule has 0 bridgehead atoms. The number of benzene rings is 1. The van der Waals surface area contributed by atoms with Crippen LogP contribution in [0.5, 0.6) is 5.75 Å². The minimum atomic E-state index is -1.01. The molecule has 0 atom stereocenters. The van der Waals surface area contributed by atoms with Crippen molar-refractivity contribution < 1.29 is 14.6 Å². The van der Waals surface area contributed by atoms with E-state index in [1.165, 1.54) is 18.2 Å². The number of hydrogen-bond donors (Lipinski definition) is 2. The van der Waals surface area contributed by atoms with E-state index >= 15 is 0 Å². The molecule has 5 nitrogen and oxygen atoms in total. The molecule has 5 heteroatoms. The Hall–Kier alpha value is -2.22. The van der Waals surface area contributed by atoms with Gasteiger partial charge < -0.3 is 15.6 Å². The summed E-state index contributed by atoms with van der Waals surface area (Å²) in [5.74, 6) is -0.616. The highest BCUT2D eigenvalue weighted by Gasteiger charge is 2.15. The van der Waals surface area contributed by atoms with Crippen LogP contribution < -0.4 is 10.5 Å². The molecule has 0 saturated heterocycles.